The summed E-state index contributed by atoms with van der Waals surface area (Å²) in [6.45, 7) is 3.96. The highest BCUT2D eigenvalue weighted by atomic mass is 32.1. The number of aliphatic hydroxyl groups excluding tert-OH is 3. The highest BCUT2D eigenvalue weighted by molar-refractivity contribution is 7.21. The second-order valence-corrected chi connectivity index (χ2v) is 11.8. The third-order valence-electron chi connectivity index (χ3n) is 8.18. The van der Waals surface area contributed by atoms with Crippen molar-refractivity contribution in [3.8, 4) is 10.6 Å². The van der Waals surface area contributed by atoms with Crippen LogP contribution in [0, 0.1) is 18.8 Å². The highest BCUT2D eigenvalue weighted by Gasteiger charge is 2.41. The number of aryl methyl sites for hydroxylation is 1. The summed E-state index contributed by atoms with van der Waals surface area (Å²) in [5.74, 6) is 1.87. The van der Waals surface area contributed by atoms with Gasteiger partial charge in [-0.1, -0.05) is 6.42 Å². The van der Waals surface area contributed by atoms with Crippen molar-refractivity contribution in [3.05, 3.63) is 23.7 Å². The predicted octanol–water partition coefficient (Wildman–Crippen LogP) is 3.45. The van der Waals surface area contributed by atoms with E-state index in [0.29, 0.717) is 30.0 Å². The molecule has 0 saturated heterocycles. The second-order valence-electron chi connectivity index (χ2n) is 10.7. The van der Waals surface area contributed by atoms with Crippen LogP contribution in [0.1, 0.15) is 62.8 Å². The van der Waals surface area contributed by atoms with Crippen LogP contribution in [0.25, 0.3) is 20.8 Å². The van der Waals surface area contributed by atoms with Gasteiger partial charge >= 0.3 is 0 Å². The summed E-state index contributed by atoms with van der Waals surface area (Å²) in [7, 11) is 0. The van der Waals surface area contributed by atoms with Crippen molar-refractivity contribution in [1.29, 1.82) is 0 Å². The number of aromatic nitrogens is 4. The quantitative estimate of drug-likeness (QED) is 0.309. The molecular weight excluding hydrogens is 476 g/mol. The van der Waals surface area contributed by atoms with Crippen molar-refractivity contribution in [2.24, 2.45) is 11.8 Å². The molecule has 0 radical (unpaired) electrons. The van der Waals surface area contributed by atoms with Gasteiger partial charge in [-0.3, -0.25) is 4.98 Å². The van der Waals surface area contributed by atoms with E-state index in [1.165, 1.54) is 19.3 Å². The third-order valence-corrected chi connectivity index (χ3v) is 9.21. The van der Waals surface area contributed by atoms with E-state index >= 15 is 0 Å². The minimum atomic E-state index is -1.00. The molecule has 36 heavy (non-hydrogen) atoms. The lowest BCUT2D eigenvalue weighted by atomic mass is 9.80. The molecule has 0 aromatic carbocycles. The van der Waals surface area contributed by atoms with E-state index in [0.717, 1.165) is 45.0 Å². The minimum Gasteiger partial charge on any atom is -0.396 e. The Bertz CT molecular complexity index is 1260. The smallest absolute Gasteiger partial charge is 0.225 e. The molecule has 0 bridgehead atoms. The van der Waals surface area contributed by atoms with Gasteiger partial charge in [0.2, 0.25) is 5.95 Å². The number of aliphatic hydroxyl groups is 3. The maximum absolute atomic E-state index is 10.7. The van der Waals surface area contributed by atoms with Crippen LogP contribution in [0.2, 0.25) is 0 Å². The van der Waals surface area contributed by atoms with Crippen molar-refractivity contribution in [3.63, 3.8) is 0 Å². The predicted molar refractivity (Wildman–Crippen MR) is 140 cm³/mol. The molecule has 6 rings (SSSR count). The molecule has 0 spiro atoms. The van der Waals surface area contributed by atoms with Crippen LogP contribution < -0.4 is 10.6 Å². The number of nitrogens with one attached hydrogen (secondary N) is 2. The van der Waals surface area contributed by atoms with Crippen LogP contribution in [0.5, 0.6) is 0 Å². The fraction of sp³-hybridized carbons (Fsp3) is 0.615. The number of fused-ring (bicyclic) bond motifs is 1. The fourth-order valence-corrected chi connectivity index (χ4v) is 6.59. The standard InChI is InChI=1S/C26H34N6O3S/c1-12(14-4-3-5-14)28-26-29-13(2)19(24(32-26)30-17-10-16(11-33)22(34)23(17)35)25-31-21-18(36-25)8-9-27-20(21)15-6-7-15/h8-9,12,14-17,22-23,33-35H,3-7,10-11H2,1-2H3,(H2,28,29,30,32)/t12-,16-,17-,22-,23+/m1/s1. The van der Waals surface area contributed by atoms with E-state index in [-0.39, 0.29) is 18.6 Å². The second kappa shape index (κ2) is 9.48. The van der Waals surface area contributed by atoms with Gasteiger partial charge in [-0.25, -0.2) is 9.97 Å². The normalized spacial score (nSPS) is 27.2. The molecule has 3 saturated carbocycles. The molecule has 0 amide bonds. The number of nitrogens with zero attached hydrogens (tertiary/aromatic N) is 4. The monoisotopic (exact) mass is 510 g/mol. The van der Waals surface area contributed by atoms with E-state index in [1.807, 2.05) is 19.2 Å². The number of hydrogen-bond donors (Lipinski definition) is 5. The van der Waals surface area contributed by atoms with Crippen molar-refractivity contribution < 1.29 is 15.3 Å². The molecule has 9 nitrogen and oxygen atoms in total. The van der Waals surface area contributed by atoms with Gasteiger partial charge in [0, 0.05) is 30.7 Å². The number of hydrogen-bond acceptors (Lipinski definition) is 10. The molecule has 3 aliphatic rings. The average Bonchev–Trinajstić information content (AvgIpc) is 3.51. The van der Waals surface area contributed by atoms with Gasteiger partial charge in [0.05, 0.1) is 33.8 Å². The van der Waals surface area contributed by atoms with Gasteiger partial charge in [0.25, 0.3) is 0 Å². The first kappa shape index (κ1) is 24.0. The number of rotatable bonds is 8. The lowest BCUT2D eigenvalue weighted by molar-refractivity contribution is 0.00446. The molecule has 5 N–H and O–H groups in total. The average molecular weight is 511 g/mol. The lowest BCUT2D eigenvalue weighted by Crippen LogP contribution is -2.36. The summed E-state index contributed by atoms with van der Waals surface area (Å²) in [5.41, 5.74) is 3.61. The van der Waals surface area contributed by atoms with E-state index in [9.17, 15) is 15.3 Å². The topological polar surface area (TPSA) is 136 Å². The highest BCUT2D eigenvalue weighted by Crippen LogP contribution is 2.44. The first-order chi connectivity index (χ1) is 17.4. The Balaban J connectivity index is 1.39. The van der Waals surface area contributed by atoms with Crippen LogP contribution in [0.4, 0.5) is 11.8 Å². The van der Waals surface area contributed by atoms with Gasteiger partial charge in [0.15, 0.2) is 0 Å². The molecule has 3 aromatic heterocycles. The summed E-state index contributed by atoms with van der Waals surface area (Å²) in [6.07, 6.45) is 6.33. The van der Waals surface area contributed by atoms with Crippen LogP contribution in [0.3, 0.4) is 0 Å². The van der Waals surface area contributed by atoms with Gasteiger partial charge in [-0.2, -0.15) is 4.98 Å². The summed E-state index contributed by atoms with van der Waals surface area (Å²) in [4.78, 5) is 19.3. The molecule has 3 heterocycles. The first-order valence-corrected chi connectivity index (χ1v) is 13.9. The van der Waals surface area contributed by atoms with E-state index in [2.05, 4.69) is 22.5 Å². The van der Waals surface area contributed by atoms with Gasteiger partial charge in [-0.15, -0.1) is 11.3 Å². The third kappa shape index (κ3) is 4.34. The first-order valence-electron chi connectivity index (χ1n) is 13.1. The molecule has 3 fully saturated rings. The van der Waals surface area contributed by atoms with Crippen LogP contribution in [-0.4, -0.2) is 66.2 Å². The number of pyridine rings is 1. The maximum atomic E-state index is 10.7. The Morgan fingerprint density at radius 2 is 1.92 bits per heavy atom. The molecule has 192 valence electrons. The SMILES string of the molecule is Cc1nc(N[C@H](C)C2CCC2)nc(N[C@@H]2C[C@H](CO)[C@@H](O)[C@H]2O)c1-c1nc2c(C3CC3)nccc2s1. The Morgan fingerprint density at radius 1 is 1.11 bits per heavy atom. The number of thiazole rings is 1. The molecule has 0 aliphatic heterocycles. The zero-order valence-corrected chi connectivity index (χ0v) is 21.5. The van der Waals surface area contributed by atoms with Crippen molar-refractivity contribution >= 4 is 33.3 Å². The lowest BCUT2D eigenvalue weighted by Gasteiger charge is -2.32. The molecular formula is C26H34N6O3S. The Hall–Kier alpha value is -2.40. The Labute approximate surface area is 214 Å². The minimum absolute atomic E-state index is 0.174. The molecule has 0 unspecified atom stereocenters. The van der Waals surface area contributed by atoms with Crippen LogP contribution in [0.15, 0.2) is 12.3 Å². The van der Waals surface area contributed by atoms with Crippen molar-refractivity contribution in [2.75, 3.05) is 17.2 Å². The van der Waals surface area contributed by atoms with Crippen LogP contribution in [-0.2, 0) is 0 Å². The van der Waals surface area contributed by atoms with Gasteiger partial charge in [-0.05, 0) is 57.9 Å². The van der Waals surface area contributed by atoms with E-state index in [1.54, 1.807) is 11.3 Å². The van der Waals surface area contributed by atoms with Gasteiger partial charge in [0.1, 0.15) is 22.4 Å². The van der Waals surface area contributed by atoms with Gasteiger partial charge < -0.3 is 26.0 Å². The van der Waals surface area contributed by atoms with Crippen molar-refractivity contribution in [2.45, 2.75) is 82.6 Å². The van der Waals surface area contributed by atoms with E-state index in [4.69, 9.17) is 15.0 Å². The van der Waals surface area contributed by atoms with Crippen molar-refractivity contribution in [1.82, 2.24) is 19.9 Å². The molecule has 3 aliphatic carbocycles. The molecule has 3 aromatic rings. The molecule has 5 atom stereocenters. The zero-order valence-electron chi connectivity index (χ0n) is 20.7. The van der Waals surface area contributed by atoms with E-state index < -0.39 is 18.2 Å². The Morgan fingerprint density at radius 3 is 2.58 bits per heavy atom. The number of anilines is 2. The van der Waals surface area contributed by atoms with Crippen LogP contribution >= 0.6 is 11.3 Å². The summed E-state index contributed by atoms with van der Waals surface area (Å²) in [5, 5.41) is 38.4. The fourth-order valence-electron chi connectivity index (χ4n) is 5.52. The maximum Gasteiger partial charge on any atom is 0.225 e. The summed E-state index contributed by atoms with van der Waals surface area (Å²) < 4.78 is 1.09. The largest absolute Gasteiger partial charge is 0.396 e. The zero-order chi connectivity index (χ0) is 25.0. The summed E-state index contributed by atoms with van der Waals surface area (Å²) in [6, 6.07) is 1.83. The molecule has 10 heteroatoms. The Kier molecular flexibility index (Phi) is 6.31. The summed E-state index contributed by atoms with van der Waals surface area (Å²) >= 11 is 1.60.